The van der Waals surface area contributed by atoms with Gasteiger partial charge in [0.1, 0.15) is 0 Å². The number of rotatable bonds is 4. The second kappa shape index (κ2) is 6.64. The Bertz CT molecular complexity index is 945. The third-order valence-electron chi connectivity index (χ3n) is 4.25. The van der Waals surface area contributed by atoms with Gasteiger partial charge in [-0.2, -0.15) is 0 Å². The highest BCUT2D eigenvalue weighted by Crippen LogP contribution is 2.26. The van der Waals surface area contributed by atoms with E-state index in [0.717, 1.165) is 22.9 Å². The van der Waals surface area contributed by atoms with E-state index in [1.165, 1.54) is 11.3 Å². The van der Waals surface area contributed by atoms with E-state index in [-0.39, 0.29) is 18.2 Å². The summed E-state index contributed by atoms with van der Waals surface area (Å²) in [4.78, 5) is 30.3. The van der Waals surface area contributed by atoms with Crippen LogP contribution in [0.15, 0.2) is 47.8 Å². The number of hydrogen-bond donors (Lipinski definition) is 1. The molecule has 126 valence electrons. The summed E-state index contributed by atoms with van der Waals surface area (Å²) < 4.78 is 0. The Morgan fingerprint density at radius 3 is 2.88 bits per heavy atom. The molecule has 1 N–H and O–H groups in total. The molecule has 1 fully saturated rings. The second-order valence-electron chi connectivity index (χ2n) is 6.02. The zero-order valence-corrected chi connectivity index (χ0v) is 14.4. The van der Waals surface area contributed by atoms with Crippen LogP contribution < -0.4 is 10.2 Å². The molecule has 1 saturated heterocycles. The number of carbonyl (C=O) groups is 2. The van der Waals surface area contributed by atoms with Crippen molar-refractivity contribution in [2.75, 3.05) is 16.8 Å². The molecule has 1 aliphatic heterocycles. The minimum Gasteiger partial charge on any atom is -0.325 e. The van der Waals surface area contributed by atoms with E-state index in [1.807, 2.05) is 47.8 Å². The van der Waals surface area contributed by atoms with Gasteiger partial charge in [0.15, 0.2) is 5.13 Å². The van der Waals surface area contributed by atoms with Crippen LogP contribution in [0.2, 0.25) is 0 Å². The molecular weight excluding hydrogens is 334 g/mol. The minimum absolute atomic E-state index is 0.110. The molecule has 0 atom stereocenters. The van der Waals surface area contributed by atoms with E-state index in [1.54, 1.807) is 4.90 Å². The van der Waals surface area contributed by atoms with Gasteiger partial charge in [0.05, 0.1) is 12.1 Å². The summed E-state index contributed by atoms with van der Waals surface area (Å²) in [6, 6.07) is 13.8. The fourth-order valence-electron chi connectivity index (χ4n) is 3.05. The van der Waals surface area contributed by atoms with Crippen LogP contribution in [0.1, 0.15) is 18.5 Å². The van der Waals surface area contributed by atoms with Gasteiger partial charge >= 0.3 is 0 Å². The molecule has 0 bridgehead atoms. The Balaban J connectivity index is 1.47. The van der Waals surface area contributed by atoms with Crippen LogP contribution in [0.5, 0.6) is 0 Å². The summed E-state index contributed by atoms with van der Waals surface area (Å²) in [5.41, 5.74) is 1.49. The number of hydrogen-bond acceptors (Lipinski definition) is 4. The van der Waals surface area contributed by atoms with Crippen molar-refractivity contribution >= 4 is 44.7 Å². The van der Waals surface area contributed by atoms with Gasteiger partial charge in [-0.15, -0.1) is 11.3 Å². The van der Waals surface area contributed by atoms with E-state index >= 15 is 0 Å². The lowest BCUT2D eigenvalue weighted by molar-refractivity contribution is -0.117. The number of anilines is 2. The summed E-state index contributed by atoms with van der Waals surface area (Å²) >= 11 is 1.42. The van der Waals surface area contributed by atoms with Crippen molar-refractivity contribution in [2.45, 2.75) is 19.3 Å². The number of benzene rings is 2. The average Bonchev–Trinajstić information content (AvgIpc) is 3.24. The van der Waals surface area contributed by atoms with Gasteiger partial charge in [0.2, 0.25) is 11.8 Å². The first kappa shape index (κ1) is 15.8. The topological polar surface area (TPSA) is 62.3 Å². The molecule has 0 unspecified atom stereocenters. The maximum Gasteiger partial charge on any atom is 0.230 e. The standard InChI is InChI=1S/C19H17N3O2S/c23-17(21-16-8-3-6-13-5-1-2-7-15(13)16)11-14-12-25-19(20-14)22-10-4-9-18(22)24/h1-3,5-8,12H,4,9-11H2,(H,21,23). The second-order valence-corrected chi connectivity index (χ2v) is 6.86. The summed E-state index contributed by atoms with van der Waals surface area (Å²) in [5, 5.41) is 7.61. The summed E-state index contributed by atoms with van der Waals surface area (Å²) in [6.07, 6.45) is 1.65. The van der Waals surface area contributed by atoms with Crippen LogP contribution in [0, 0.1) is 0 Å². The highest BCUT2D eigenvalue weighted by Gasteiger charge is 2.24. The number of fused-ring (bicyclic) bond motifs is 1. The molecule has 1 aliphatic rings. The van der Waals surface area contributed by atoms with Crippen LogP contribution in [0.25, 0.3) is 10.8 Å². The normalized spacial score (nSPS) is 14.2. The van der Waals surface area contributed by atoms with Gasteiger partial charge in [-0.05, 0) is 17.9 Å². The van der Waals surface area contributed by atoms with Gasteiger partial charge in [0, 0.05) is 29.4 Å². The van der Waals surface area contributed by atoms with Crippen molar-refractivity contribution in [3.63, 3.8) is 0 Å². The van der Waals surface area contributed by atoms with E-state index in [4.69, 9.17) is 0 Å². The maximum absolute atomic E-state index is 12.4. The number of carbonyl (C=O) groups excluding carboxylic acids is 2. The van der Waals surface area contributed by atoms with Gasteiger partial charge in [-0.25, -0.2) is 4.98 Å². The first-order valence-corrected chi connectivity index (χ1v) is 9.11. The third kappa shape index (κ3) is 3.25. The van der Waals surface area contributed by atoms with Crippen LogP contribution in [-0.2, 0) is 16.0 Å². The highest BCUT2D eigenvalue weighted by atomic mass is 32.1. The first-order chi connectivity index (χ1) is 12.2. The quantitative estimate of drug-likeness (QED) is 0.781. The molecule has 3 aromatic rings. The SMILES string of the molecule is O=C(Cc1csc(N2CCCC2=O)n1)Nc1cccc2ccccc12. The summed E-state index contributed by atoms with van der Waals surface area (Å²) in [5.74, 6) is 0.00191. The lowest BCUT2D eigenvalue weighted by Crippen LogP contribution is -2.23. The van der Waals surface area contributed by atoms with Crippen molar-refractivity contribution in [3.05, 3.63) is 53.5 Å². The molecule has 0 aliphatic carbocycles. The van der Waals surface area contributed by atoms with Gasteiger partial charge in [-0.3, -0.25) is 14.5 Å². The van der Waals surface area contributed by atoms with Gasteiger partial charge < -0.3 is 5.32 Å². The van der Waals surface area contributed by atoms with E-state index in [9.17, 15) is 9.59 Å². The van der Waals surface area contributed by atoms with Gasteiger partial charge in [-0.1, -0.05) is 36.4 Å². The Hall–Kier alpha value is -2.73. The molecule has 6 heteroatoms. The molecule has 25 heavy (non-hydrogen) atoms. The van der Waals surface area contributed by atoms with E-state index < -0.39 is 0 Å². The van der Waals surface area contributed by atoms with Crippen molar-refractivity contribution in [3.8, 4) is 0 Å². The molecule has 2 aromatic carbocycles. The Labute approximate surface area is 149 Å². The van der Waals surface area contributed by atoms with Crippen LogP contribution in [-0.4, -0.2) is 23.3 Å². The van der Waals surface area contributed by atoms with Crippen molar-refractivity contribution < 1.29 is 9.59 Å². The highest BCUT2D eigenvalue weighted by molar-refractivity contribution is 7.14. The zero-order valence-electron chi connectivity index (χ0n) is 13.6. The molecule has 0 spiro atoms. The lowest BCUT2D eigenvalue weighted by Gasteiger charge is -2.10. The minimum atomic E-state index is -0.110. The number of amides is 2. The van der Waals surface area contributed by atoms with E-state index in [2.05, 4.69) is 10.3 Å². The molecule has 2 heterocycles. The fourth-order valence-corrected chi connectivity index (χ4v) is 3.91. The van der Waals surface area contributed by atoms with Crippen LogP contribution in [0.3, 0.4) is 0 Å². The predicted molar refractivity (Wildman–Crippen MR) is 100.0 cm³/mol. The Morgan fingerprint density at radius 2 is 2.04 bits per heavy atom. The smallest absolute Gasteiger partial charge is 0.230 e. The van der Waals surface area contributed by atoms with Crippen molar-refractivity contribution in [1.29, 1.82) is 0 Å². The molecule has 0 radical (unpaired) electrons. The van der Waals surface area contributed by atoms with Crippen LogP contribution >= 0.6 is 11.3 Å². The van der Waals surface area contributed by atoms with Crippen molar-refractivity contribution in [1.82, 2.24) is 4.98 Å². The number of nitrogens with one attached hydrogen (secondary N) is 1. The maximum atomic E-state index is 12.4. The molecule has 5 nitrogen and oxygen atoms in total. The van der Waals surface area contributed by atoms with Crippen molar-refractivity contribution in [2.24, 2.45) is 0 Å². The number of thiazole rings is 1. The van der Waals surface area contributed by atoms with Crippen LogP contribution in [0.4, 0.5) is 10.8 Å². The summed E-state index contributed by atoms with van der Waals surface area (Å²) in [7, 11) is 0. The monoisotopic (exact) mass is 351 g/mol. The number of nitrogens with zero attached hydrogens (tertiary/aromatic N) is 2. The number of aromatic nitrogens is 1. The molecule has 4 rings (SSSR count). The first-order valence-electron chi connectivity index (χ1n) is 8.23. The Morgan fingerprint density at radius 1 is 1.20 bits per heavy atom. The zero-order chi connectivity index (χ0) is 17.2. The fraction of sp³-hybridized carbons (Fsp3) is 0.211. The third-order valence-corrected chi connectivity index (χ3v) is 5.16. The predicted octanol–water partition coefficient (Wildman–Crippen LogP) is 3.60. The molecule has 1 aromatic heterocycles. The summed E-state index contributed by atoms with van der Waals surface area (Å²) in [6.45, 7) is 0.716. The lowest BCUT2D eigenvalue weighted by atomic mass is 10.1. The van der Waals surface area contributed by atoms with Gasteiger partial charge in [0.25, 0.3) is 0 Å². The molecule has 2 amide bonds. The molecule has 0 saturated carbocycles. The molecular formula is C19H17N3O2S. The Kier molecular flexibility index (Phi) is 4.19. The van der Waals surface area contributed by atoms with E-state index in [0.29, 0.717) is 23.8 Å². The average molecular weight is 351 g/mol. The largest absolute Gasteiger partial charge is 0.325 e.